The first-order chi connectivity index (χ1) is 10.0. The molecule has 0 aliphatic carbocycles. The molecule has 0 fully saturated rings. The van der Waals surface area contributed by atoms with E-state index in [9.17, 15) is 4.79 Å². The summed E-state index contributed by atoms with van der Waals surface area (Å²) < 4.78 is 5.15. The highest BCUT2D eigenvalue weighted by atomic mass is 16.5. The van der Waals surface area contributed by atoms with Crippen LogP contribution in [0.15, 0.2) is 28.8 Å². The van der Waals surface area contributed by atoms with E-state index in [0.717, 1.165) is 22.6 Å². The zero-order valence-electron chi connectivity index (χ0n) is 12.6. The van der Waals surface area contributed by atoms with Crippen LogP contribution in [0, 0.1) is 13.8 Å². The molecule has 1 aromatic heterocycles. The van der Waals surface area contributed by atoms with Gasteiger partial charge in [0, 0.05) is 11.1 Å². The third-order valence-electron chi connectivity index (χ3n) is 3.54. The standard InChI is InChI=1S/C16H21N3O2/c1-10(15-11(2)19-21-12(15)3)18-16(20)14-7-5-4-6-13(14)8-9-17/h4-7,10H,8-9,17H2,1-3H3,(H,18,20). The van der Waals surface area contributed by atoms with Crippen molar-refractivity contribution < 1.29 is 9.32 Å². The number of nitrogens with one attached hydrogen (secondary N) is 1. The molecular weight excluding hydrogens is 266 g/mol. The van der Waals surface area contributed by atoms with Gasteiger partial charge in [0.15, 0.2) is 0 Å². The maximum Gasteiger partial charge on any atom is 0.252 e. The van der Waals surface area contributed by atoms with Crippen LogP contribution in [0.3, 0.4) is 0 Å². The van der Waals surface area contributed by atoms with Crippen molar-refractivity contribution in [3.05, 3.63) is 52.4 Å². The minimum Gasteiger partial charge on any atom is -0.361 e. The fraction of sp³-hybridized carbons (Fsp3) is 0.375. The number of aromatic nitrogens is 1. The van der Waals surface area contributed by atoms with Crippen LogP contribution in [-0.4, -0.2) is 17.6 Å². The van der Waals surface area contributed by atoms with E-state index >= 15 is 0 Å². The molecule has 5 nitrogen and oxygen atoms in total. The van der Waals surface area contributed by atoms with Crippen molar-refractivity contribution in [2.24, 2.45) is 5.73 Å². The Bertz CT molecular complexity index is 615. The molecule has 112 valence electrons. The van der Waals surface area contributed by atoms with E-state index in [4.69, 9.17) is 10.3 Å². The normalized spacial score (nSPS) is 12.2. The molecule has 2 aromatic rings. The highest BCUT2D eigenvalue weighted by molar-refractivity contribution is 5.95. The fourth-order valence-electron chi connectivity index (χ4n) is 2.57. The molecule has 21 heavy (non-hydrogen) atoms. The molecule has 1 heterocycles. The van der Waals surface area contributed by atoms with Crippen molar-refractivity contribution in [2.45, 2.75) is 33.2 Å². The van der Waals surface area contributed by atoms with Gasteiger partial charge in [0.05, 0.1) is 11.7 Å². The van der Waals surface area contributed by atoms with Gasteiger partial charge in [-0.2, -0.15) is 0 Å². The highest BCUT2D eigenvalue weighted by Crippen LogP contribution is 2.21. The zero-order valence-corrected chi connectivity index (χ0v) is 12.6. The largest absolute Gasteiger partial charge is 0.361 e. The second kappa shape index (κ2) is 6.54. The van der Waals surface area contributed by atoms with E-state index in [1.54, 1.807) is 0 Å². The summed E-state index contributed by atoms with van der Waals surface area (Å²) in [4.78, 5) is 12.5. The molecule has 0 saturated carbocycles. The second-order valence-corrected chi connectivity index (χ2v) is 5.13. The minimum atomic E-state index is -0.158. The van der Waals surface area contributed by atoms with Crippen LogP contribution < -0.4 is 11.1 Å². The van der Waals surface area contributed by atoms with Crippen LogP contribution in [0.5, 0.6) is 0 Å². The number of carbonyl (C=O) groups is 1. The maximum absolute atomic E-state index is 12.5. The average Bonchev–Trinajstić information content (AvgIpc) is 2.79. The predicted octanol–water partition coefficient (Wildman–Crippen LogP) is 2.28. The number of rotatable bonds is 5. The van der Waals surface area contributed by atoms with E-state index in [1.807, 2.05) is 45.0 Å². The first kappa shape index (κ1) is 15.3. The number of hydrogen-bond acceptors (Lipinski definition) is 4. The SMILES string of the molecule is Cc1noc(C)c1C(C)NC(=O)c1ccccc1CCN. The summed E-state index contributed by atoms with van der Waals surface area (Å²) in [6.45, 7) is 6.16. The van der Waals surface area contributed by atoms with Crippen molar-refractivity contribution in [3.8, 4) is 0 Å². The molecule has 2 rings (SSSR count). The van der Waals surface area contributed by atoms with Gasteiger partial charge in [0.1, 0.15) is 5.76 Å². The van der Waals surface area contributed by atoms with Gasteiger partial charge in [0.2, 0.25) is 0 Å². The zero-order chi connectivity index (χ0) is 15.4. The first-order valence-electron chi connectivity index (χ1n) is 7.06. The average molecular weight is 287 g/mol. The molecule has 0 aliphatic rings. The summed E-state index contributed by atoms with van der Waals surface area (Å²) in [6.07, 6.45) is 0.684. The lowest BCUT2D eigenvalue weighted by molar-refractivity contribution is 0.0939. The lowest BCUT2D eigenvalue weighted by atomic mass is 10.0. The third-order valence-corrected chi connectivity index (χ3v) is 3.54. The fourth-order valence-corrected chi connectivity index (χ4v) is 2.57. The monoisotopic (exact) mass is 287 g/mol. The Hall–Kier alpha value is -2.14. The summed E-state index contributed by atoms with van der Waals surface area (Å²) in [7, 11) is 0. The summed E-state index contributed by atoms with van der Waals surface area (Å²) in [5.74, 6) is 0.627. The van der Waals surface area contributed by atoms with Crippen LogP contribution in [0.25, 0.3) is 0 Å². The predicted molar refractivity (Wildman–Crippen MR) is 81.1 cm³/mol. The Morgan fingerprint density at radius 2 is 2.10 bits per heavy atom. The van der Waals surface area contributed by atoms with Crippen LogP contribution in [-0.2, 0) is 6.42 Å². The quantitative estimate of drug-likeness (QED) is 0.884. The van der Waals surface area contributed by atoms with Gasteiger partial charge in [-0.1, -0.05) is 23.4 Å². The van der Waals surface area contributed by atoms with Crippen LogP contribution in [0.2, 0.25) is 0 Å². The van der Waals surface area contributed by atoms with Gasteiger partial charge in [-0.15, -0.1) is 0 Å². The van der Waals surface area contributed by atoms with E-state index in [-0.39, 0.29) is 11.9 Å². The minimum absolute atomic E-state index is 0.105. The molecule has 0 radical (unpaired) electrons. The van der Waals surface area contributed by atoms with Gasteiger partial charge in [-0.05, 0) is 45.4 Å². The third kappa shape index (κ3) is 3.31. The summed E-state index contributed by atoms with van der Waals surface area (Å²) in [5.41, 5.74) is 8.96. The van der Waals surface area contributed by atoms with Crippen molar-refractivity contribution in [2.75, 3.05) is 6.54 Å². The molecule has 5 heteroatoms. The molecule has 1 unspecified atom stereocenters. The number of aryl methyl sites for hydroxylation is 2. The Morgan fingerprint density at radius 1 is 1.38 bits per heavy atom. The lowest BCUT2D eigenvalue weighted by Gasteiger charge is -2.15. The molecule has 1 atom stereocenters. The smallest absolute Gasteiger partial charge is 0.252 e. The molecule has 0 aliphatic heterocycles. The summed E-state index contributed by atoms with van der Waals surface area (Å²) in [5, 5.41) is 6.92. The van der Waals surface area contributed by atoms with Gasteiger partial charge in [0.25, 0.3) is 5.91 Å². The Kier molecular flexibility index (Phi) is 4.75. The molecule has 0 spiro atoms. The lowest BCUT2D eigenvalue weighted by Crippen LogP contribution is -2.28. The van der Waals surface area contributed by atoms with E-state index in [2.05, 4.69) is 10.5 Å². The second-order valence-electron chi connectivity index (χ2n) is 5.13. The van der Waals surface area contributed by atoms with Gasteiger partial charge in [-0.3, -0.25) is 4.79 Å². The number of amides is 1. The topological polar surface area (TPSA) is 81.2 Å². The Labute approximate surface area is 124 Å². The first-order valence-corrected chi connectivity index (χ1v) is 7.06. The number of nitrogens with zero attached hydrogens (tertiary/aromatic N) is 1. The molecular formula is C16H21N3O2. The van der Waals surface area contributed by atoms with Crippen molar-refractivity contribution >= 4 is 5.91 Å². The van der Waals surface area contributed by atoms with E-state index < -0.39 is 0 Å². The van der Waals surface area contributed by atoms with E-state index in [0.29, 0.717) is 18.5 Å². The van der Waals surface area contributed by atoms with Crippen molar-refractivity contribution in [1.82, 2.24) is 10.5 Å². The van der Waals surface area contributed by atoms with Gasteiger partial charge < -0.3 is 15.6 Å². The Morgan fingerprint density at radius 3 is 2.71 bits per heavy atom. The molecule has 0 bridgehead atoms. The number of benzene rings is 1. The van der Waals surface area contributed by atoms with E-state index in [1.165, 1.54) is 0 Å². The number of nitrogens with two attached hydrogens (primary N) is 1. The van der Waals surface area contributed by atoms with Gasteiger partial charge >= 0.3 is 0 Å². The molecule has 1 aromatic carbocycles. The number of hydrogen-bond donors (Lipinski definition) is 2. The number of carbonyl (C=O) groups excluding carboxylic acids is 1. The highest BCUT2D eigenvalue weighted by Gasteiger charge is 2.19. The molecule has 0 saturated heterocycles. The van der Waals surface area contributed by atoms with Crippen LogP contribution in [0.4, 0.5) is 0 Å². The maximum atomic E-state index is 12.5. The molecule has 1 amide bonds. The van der Waals surface area contributed by atoms with Crippen LogP contribution in [0.1, 0.15) is 45.9 Å². The summed E-state index contributed by atoms with van der Waals surface area (Å²) in [6, 6.07) is 7.37. The van der Waals surface area contributed by atoms with Crippen molar-refractivity contribution in [1.29, 1.82) is 0 Å². The van der Waals surface area contributed by atoms with Gasteiger partial charge in [-0.25, -0.2) is 0 Å². The Balaban J connectivity index is 2.18. The summed E-state index contributed by atoms with van der Waals surface area (Å²) >= 11 is 0. The molecule has 3 N–H and O–H groups in total. The van der Waals surface area contributed by atoms with Crippen LogP contribution >= 0.6 is 0 Å². The van der Waals surface area contributed by atoms with Crippen molar-refractivity contribution in [3.63, 3.8) is 0 Å².